The largest absolute Gasteiger partial charge is 0.350 e. The van der Waals surface area contributed by atoms with Gasteiger partial charge in [-0.05, 0) is 48.9 Å². The predicted molar refractivity (Wildman–Crippen MR) is 115 cm³/mol. The second-order valence-corrected chi connectivity index (χ2v) is 9.30. The summed E-state index contributed by atoms with van der Waals surface area (Å²) >= 11 is 0. The second kappa shape index (κ2) is 8.31. The number of aromatic nitrogens is 2. The molecule has 2 aromatic heterocycles. The van der Waals surface area contributed by atoms with Gasteiger partial charge in [-0.25, -0.2) is 17.8 Å². The highest BCUT2D eigenvalue weighted by atomic mass is 32.2. The van der Waals surface area contributed by atoms with Crippen molar-refractivity contribution in [3.63, 3.8) is 0 Å². The summed E-state index contributed by atoms with van der Waals surface area (Å²) in [4.78, 5) is 17.1. The Bertz CT molecular complexity index is 1330. The van der Waals surface area contributed by atoms with Crippen molar-refractivity contribution in [3.8, 4) is 0 Å². The lowest BCUT2D eigenvalue weighted by molar-refractivity contribution is 0.0953. The molecule has 4 rings (SSSR count). The molecule has 4 aromatic rings. The van der Waals surface area contributed by atoms with Crippen LogP contribution in [-0.2, 0) is 9.84 Å². The van der Waals surface area contributed by atoms with Crippen LogP contribution in [0.25, 0.3) is 5.65 Å². The molecule has 2 aromatic carbocycles. The van der Waals surface area contributed by atoms with E-state index in [0.29, 0.717) is 16.8 Å². The quantitative estimate of drug-likeness (QED) is 0.466. The topological polar surface area (TPSA) is 80.5 Å². The number of sulfone groups is 1. The number of halogens is 1. The molecule has 0 radical (unpaired) electrons. The molecule has 2 heterocycles. The lowest BCUT2D eigenvalue weighted by Crippen LogP contribution is -2.32. The maximum absolute atomic E-state index is 13.3. The molecule has 1 atom stereocenters. The van der Waals surface area contributed by atoms with Crippen LogP contribution in [0.15, 0.2) is 84.0 Å². The van der Waals surface area contributed by atoms with Crippen LogP contribution in [0, 0.1) is 12.7 Å². The van der Waals surface area contributed by atoms with Crippen molar-refractivity contribution in [1.29, 1.82) is 0 Å². The predicted octanol–water partition coefficient (Wildman–Crippen LogP) is 3.73. The Balaban J connectivity index is 1.61. The number of carbonyl (C=O) groups is 1. The van der Waals surface area contributed by atoms with Gasteiger partial charge >= 0.3 is 0 Å². The molecule has 1 amide bonds. The fourth-order valence-electron chi connectivity index (χ4n) is 3.40. The third-order valence-corrected chi connectivity index (χ3v) is 7.10. The maximum atomic E-state index is 13.3. The average Bonchev–Trinajstić information content (AvgIpc) is 3.14. The Hall–Kier alpha value is -3.52. The molecule has 8 heteroatoms. The minimum Gasteiger partial charge on any atom is -0.350 e. The van der Waals surface area contributed by atoms with Gasteiger partial charge in [-0.1, -0.05) is 30.3 Å². The molecule has 6 nitrogen and oxygen atoms in total. The van der Waals surface area contributed by atoms with Crippen molar-refractivity contribution in [2.75, 3.05) is 6.54 Å². The van der Waals surface area contributed by atoms with Crippen LogP contribution in [-0.4, -0.2) is 30.3 Å². The van der Waals surface area contributed by atoms with Gasteiger partial charge < -0.3 is 9.72 Å². The highest BCUT2D eigenvalue weighted by Crippen LogP contribution is 2.28. The highest BCUT2D eigenvalue weighted by Gasteiger charge is 2.29. The number of hydrogen-bond donors (Lipinski definition) is 1. The molecular weight excluding hydrogens is 417 g/mol. The molecule has 0 fully saturated rings. The van der Waals surface area contributed by atoms with E-state index in [1.807, 2.05) is 13.1 Å². The lowest BCUT2D eigenvalue weighted by Gasteiger charge is -2.19. The van der Waals surface area contributed by atoms with E-state index >= 15 is 0 Å². The first-order valence-electron chi connectivity index (χ1n) is 9.62. The van der Waals surface area contributed by atoms with Crippen LogP contribution in [0.1, 0.15) is 26.9 Å². The molecule has 0 aliphatic rings. The average molecular weight is 437 g/mol. The number of benzene rings is 2. The van der Waals surface area contributed by atoms with Crippen molar-refractivity contribution >= 4 is 21.4 Å². The third-order valence-electron chi connectivity index (χ3n) is 4.98. The van der Waals surface area contributed by atoms with Crippen molar-refractivity contribution < 1.29 is 17.6 Å². The molecule has 31 heavy (non-hydrogen) atoms. The zero-order valence-corrected chi connectivity index (χ0v) is 17.5. The van der Waals surface area contributed by atoms with Gasteiger partial charge in [-0.3, -0.25) is 4.79 Å². The summed E-state index contributed by atoms with van der Waals surface area (Å²) in [7, 11) is -3.88. The number of pyridine rings is 1. The van der Waals surface area contributed by atoms with Crippen LogP contribution in [0.3, 0.4) is 0 Å². The van der Waals surface area contributed by atoms with E-state index in [0.717, 1.165) is 17.8 Å². The number of rotatable bonds is 6. The Kier molecular flexibility index (Phi) is 5.56. The molecule has 0 aliphatic carbocycles. The van der Waals surface area contributed by atoms with Crippen LogP contribution >= 0.6 is 0 Å². The van der Waals surface area contributed by atoms with Gasteiger partial charge in [0, 0.05) is 24.5 Å². The Morgan fingerprint density at radius 3 is 2.52 bits per heavy atom. The third kappa shape index (κ3) is 4.34. The number of imidazole rings is 1. The Labute approximate surface area is 179 Å². The molecule has 158 valence electrons. The van der Waals surface area contributed by atoms with E-state index in [-0.39, 0.29) is 11.4 Å². The molecular formula is C23H20FN3O3S. The SMILES string of the molecule is Cc1cn2ccc(C(=O)NCC(c3ccccc3)S(=O)(=O)c3ccc(F)cc3)cc2n1. The zero-order chi connectivity index (χ0) is 22.0. The molecule has 1 N–H and O–H groups in total. The first-order valence-corrected chi connectivity index (χ1v) is 11.2. The van der Waals surface area contributed by atoms with Gasteiger partial charge in [0.05, 0.1) is 10.6 Å². The number of hydrogen-bond acceptors (Lipinski definition) is 4. The van der Waals surface area contributed by atoms with Gasteiger partial charge in [0.15, 0.2) is 9.84 Å². The first-order chi connectivity index (χ1) is 14.8. The fourth-order valence-corrected chi connectivity index (χ4v) is 5.06. The van der Waals surface area contributed by atoms with Crippen LogP contribution in [0.5, 0.6) is 0 Å². The van der Waals surface area contributed by atoms with E-state index in [9.17, 15) is 17.6 Å². The number of nitrogens with one attached hydrogen (secondary N) is 1. The van der Waals surface area contributed by atoms with Gasteiger partial charge in [-0.2, -0.15) is 0 Å². The first kappa shape index (κ1) is 20.7. The monoisotopic (exact) mass is 437 g/mol. The van der Waals surface area contributed by atoms with E-state index in [2.05, 4.69) is 10.3 Å². The van der Waals surface area contributed by atoms with Gasteiger partial charge in [0.1, 0.15) is 16.7 Å². The summed E-state index contributed by atoms with van der Waals surface area (Å²) < 4.78 is 41.7. The minimum atomic E-state index is -3.88. The standard InChI is InChI=1S/C23H20FN3O3S/c1-16-15-27-12-11-18(13-22(27)26-16)23(28)25-14-21(17-5-3-2-4-6-17)31(29,30)20-9-7-19(24)8-10-20/h2-13,15,21H,14H2,1H3,(H,25,28). The number of amides is 1. The highest BCUT2D eigenvalue weighted by molar-refractivity contribution is 7.91. The number of carbonyl (C=O) groups excluding carboxylic acids is 1. The maximum Gasteiger partial charge on any atom is 0.251 e. The number of nitrogens with zero attached hydrogens (tertiary/aromatic N) is 2. The molecule has 0 saturated heterocycles. The number of aryl methyl sites for hydroxylation is 1. The van der Waals surface area contributed by atoms with Gasteiger partial charge in [0.2, 0.25) is 0 Å². The molecule has 1 unspecified atom stereocenters. The zero-order valence-electron chi connectivity index (χ0n) is 16.7. The molecule has 0 spiro atoms. The summed E-state index contributed by atoms with van der Waals surface area (Å²) in [6, 6.07) is 16.6. The van der Waals surface area contributed by atoms with Crippen LogP contribution < -0.4 is 5.32 Å². The van der Waals surface area contributed by atoms with Crippen molar-refractivity contribution in [2.24, 2.45) is 0 Å². The van der Waals surface area contributed by atoms with E-state index in [4.69, 9.17) is 0 Å². The lowest BCUT2D eigenvalue weighted by atomic mass is 10.1. The summed E-state index contributed by atoms with van der Waals surface area (Å²) in [5, 5.41) is 1.70. The summed E-state index contributed by atoms with van der Waals surface area (Å²) in [5.41, 5.74) is 2.37. The summed E-state index contributed by atoms with van der Waals surface area (Å²) in [6.45, 7) is 1.72. The fraction of sp³-hybridized carbons (Fsp3) is 0.130. The smallest absolute Gasteiger partial charge is 0.251 e. The molecule has 0 bridgehead atoms. The van der Waals surface area contributed by atoms with Gasteiger partial charge in [-0.15, -0.1) is 0 Å². The van der Waals surface area contributed by atoms with Gasteiger partial charge in [0.25, 0.3) is 5.91 Å². The van der Waals surface area contributed by atoms with E-state index in [1.165, 1.54) is 12.1 Å². The summed E-state index contributed by atoms with van der Waals surface area (Å²) in [5.74, 6) is -0.925. The Morgan fingerprint density at radius 2 is 1.81 bits per heavy atom. The molecule has 0 aliphatic heterocycles. The van der Waals surface area contributed by atoms with E-state index < -0.39 is 26.8 Å². The normalized spacial score (nSPS) is 12.6. The second-order valence-electron chi connectivity index (χ2n) is 7.17. The minimum absolute atomic E-state index is 0.00807. The van der Waals surface area contributed by atoms with Crippen molar-refractivity contribution in [2.45, 2.75) is 17.1 Å². The number of fused-ring (bicyclic) bond motifs is 1. The molecule has 0 saturated carbocycles. The van der Waals surface area contributed by atoms with E-state index in [1.54, 1.807) is 53.1 Å². The van der Waals surface area contributed by atoms with Crippen molar-refractivity contribution in [1.82, 2.24) is 14.7 Å². The van der Waals surface area contributed by atoms with Crippen molar-refractivity contribution in [3.05, 3.63) is 102 Å². The summed E-state index contributed by atoms with van der Waals surface area (Å²) in [6.07, 6.45) is 3.58. The van der Waals surface area contributed by atoms with Crippen LogP contribution in [0.2, 0.25) is 0 Å². The van der Waals surface area contributed by atoms with Crippen LogP contribution in [0.4, 0.5) is 4.39 Å². The Morgan fingerprint density at radius 1 is 1.10 bits per heavy atom.